The molecule has 1 aliphatic carbocycles. The van der Waals surface area contributed by atoms with Gasteiger partial charge in [-0.05, 0) is 70.1 Å². The van der Waals surface area contributed by atoms with E-state index < -0.39 is 5.60 Å². The van der Waals surface area contributed by atoms with Crippen molar-refractivity contribution in [1.82, 2.24) is 0 Å². The average Bonchev–Trinajstić information content (AvgIpc) is 2.60. The Morgan fingerprint density at radius 2 is 1.68 bits per heavy atom. The lowest BCUT2D eigenvalue weighted by atomic mass is 9.82. The first-order valence-electron chi connectivity index (χ1n) is 9.70. The number of benzene rings is 1. The van der Waals surface area contributed by atoms with E-state index >= 15 is 0 Å². The number of esters is 2. The van der Waals surface area contributed by atoms with Crippen LogP contribution < -0.4 is 16.2 Å². The van der Waals surface area contributed by atoms with Crippen LogP contribution in [0.4, 0.5) is 0 Å². The largest absolute Gasteiger partial charge is 0.460 e. The van der Waals surface area contributed by atoms with Crippen LogP contribution in [0.2, 0.25) is 0 Å². The maximum absolute atomic E-state index is 12.4. The zero-order valence-corrected chi connectivity index (χ0v) is 16.9. The fourth-order valence-corrected chi connectivity index (χ4v) is 3.23. The Labute approximate surface area is 166 Å². The second kappa shape index (κ2) is 9.57. The van der Waals surface area contributed by atoms with Crippen LogP contribution in [0.25, 0.3) is 0 Å². The monoisotopic (exact) mass is 389 g/mol. The topological polar surface area (TPSA) is 117 Å². The maximum atomic E-state index is 12.4. The molecule has 0 spiro atoms. The molecule has 0 bridgehead atoms. The molecule has 0 radical (unpaired) electrons. The SMILES string of the molecule is CC(C)(C)OC(=O)Cc1ccc(OC(=O)C2CCC(CN=C(N)N)CC2)cc1. The summed E-state index contributed by atoms with van der Waals surface area (Å²) in [5.41, 5.74) is 11.0. The molecule has 0 aliphatic heterocycles. The summed E-state index contributed by atoms with van der Waals surface area (Å²) in [6.07, 6.45) is 3.56. The fourth-order valence-electron chi connectivity index (χ4n) is 3.23. The number of hydrogen-bond acceptors (Lipinski definition) is 5. The van der Waals surface area contributed by atoms with E-state index in [-0.39, 0.29) is 30.2 Å². The lowest BCUT2D eigenvalue weighted by Gasteiger charge is -2.26. The summed E-state index contributed by atoms with van der Waals surface area (Å²) < 4.78 is 10.8. The molecule has 0 heterocycles. The van der Waals surface area contributed by atoms with Crippen molar-refractivity contribution in [2.24, 2.45) is 28.3 Å². The van der Waals surface area contributed by atoms with Crippen LogP contribution in [0, 0.1) is 11.8 Å². The van der Waals surface area contributed by atoms with Crippen molar-refractivity contribution in [3.63, 3.8) is 0 Å². The molecule has 28 heavy (non-hydrogen) atoms. The van der Waals surface area contributed by atoms with Gasteiger partial charge in [0.25, 0.3) is 0 Å². The van der Waals surface area contributed by atoms with Gasteiger partial charge >= 0.3 is 11.9 Å². The Kier molecular flexibility index (Phi) is 7.43. The number of nitrogens with two attached hydrogens (primary N) is 2. The summed E-state index contributed by atoms with van der Waals surface area (Å²) in [6.45, 7) is 6.12. The molecule has 1 aliphatic rings. The van der Waals surface area contributed by atoms with Gasteiger partial charge in [0.05, 0.1) is 12.3 Å². The van der Waals surface area contributed by atoms with Crippen LogP contribution in [0.15, 0.2) is 29.3 Å². The second-order valence-electron chi connectivity index (χ2n) is 8.31. The molecule has 154 valence electrons. The molecular weight excluding hydrogens is 358 g/mol. The number of nitrogens with zero attached hydrogens (tertiary/aromatic N) is 1. The van der Waals surface area contributed by atoms with Gasteiger partial charge in [-0.25, -0.2) is 0 Å². The molecule has 0 unspecified atom stereocenters. The Morgan fingerprint density at radius 3 is 2.21 bits per heavy atom. The van der Waals surface area contributed by atoms with Crippen molar-refractivity contribution in [3.8, 4) is 5.75 Å². The van der Waals surface area contributed by atoms with Gasteiger partial charge in [-0.2, -0.15) is 0 Å². The third-order valence-corrected chi connectivity index (χ3v) is 4.62. The highest BCUT2D eigenvalue weighted by molar-refractivity contribution is 5.76. The molecule has 2 rings (SSSR count). The van der Waals surface area contributed by atoms with Crippen molar-refractivity contribution >= 4 is 17.9 Å². The molecule has 1 aromatic carbocycles. The predicted molar refractivity (Wildman–Crippen MR) is 108 cm³/mol. The molecule has 4 N–H and O–H groups in total. The van der Waals surface area contributed by atoms with Gasteiger partial charge in [-0.3, -0.25) is 14.6 Å². The van der Waals surface area contributed by atoms with Crippen molar-refractivity contribution in [3.05, 3.63) is 29.8 Å². The van der Waals surface area contributed by atoms with Crippen LogP contribution in [0.5, 0.6) is 5.75 Å². The number of ether oxygens (including phenoxy) is 2. The minimum absolute atomic E-state index is 0.100. The van der Waals surface area contributed by atoms with Gasteiger partial charge < -0.3 is 20.9 Å². The smallest absolute Gasteiger partial charge is 0.314 e. The Balaban J connectivity index is 1.80. The van der Waals surface area contributed by atoms with Crippen LogP contribution >= 0.6 is 0 Å². The van der Waals surface area contributed by atoms with E-state index in [0.29, 0.717) is 18.2 Å². The zero-order valence-electron chi connectivity index (χ0n) is 16.9. The van der Waals surface area contributed by atoms with E-state index in [9.17, 15) is 9.59 Å². The third kappa shape index (κ3) is 7.58. The third-order valence-electron chi connectivity index (χ3n) is 4.62. The van der Waals surface area contributed by atoms with Crippen LogP contribution in [0.1, 0.15) is 52.0 Å². The normalized spacial score (nSPS) is 19.5. The summed E-state index contributed by atoms with van der Waals surface area (Å²) in [5, 5.41) is 0. The lowest BCUT2D eigenvalue weighted by molar-refractivity contribution is -0.154. The molecule has 0 saturated heterocycles. The minimum atomic E-state index is -0.505. The van der Waals surface area contributed by atoms with Crippen molar-refractivity contribution < 1.29 is 19.1 Å². The zero-order chi connectivity index (χ0) is 20.7. The molecule has 0 aromatic heterocycles. The first-order valence-corrected chi connectivity index (χ1v) is 9.70. The number of guanidine groups is 1. The van der Waals surface area contributed by atoms with Crippen LogP contribution in [0.3, 0.4) is 0 Å². The standard InChI is InChI=1S/C21H31N3O4/c1-21(2,3)28-18(25)12-14-6-10-17(11-7-14)27-19(26)16-8-4-15(5-9-16)13-24-20(22)23/h6-7,10-11,15-16H,4-5,8-9,12-13H2,1-3H3,(H4,22,23,24). The molecule has 1 fully saturated rings. The molecule has 7 heteroatoms. The highest BCUT2D eigenvalue weighted by Gasteiger charge is 2.27. The van der Waals surface area contributed by atoms with Crippen LogP contribution in [-0.4, -0.2) is 30.0 Å². The Morgan fingerprint density at radius 1 is 1.07 bits per heavy atom. The van der Waals surface area contributed by atoms with E-state index in [0.717, 1.165) is 31.2 Å². The minimum Gasteiger partial charge on any atom is -0.460 e. The van der Waals surface area contributed by atoms with Crippen molar-refractivity contribution in [1.29, 1.82) is 0 Å². The summed E-state index contributed by atoms with van der Waals surface area (Å²) in [6, 6.07) is 6.97. The quantitative estimate of drug-likeness (QED) is 0.334. The number of carbonyl (C=O) groups excluding carboxylic acids is 2. The maximum Gasteiger partial charge on any atom is 0.314 e. The van der Waals surface area contributed by atoms with Gasteiger partial charge in [0.15, 0.2) is 5.96 Å². The number of aliphatic imine (C=N–C) groups is 1. The van der Waals surface area contributed by atoms with E-state index in [2.05, 4.69) is 4.99 Å². The number of hydrogen-bond donors (Lipinski definition) is 2. The van der Waals surface area contributed by atoms with Crippen molar-refractivity contribution in [2.45, 2.75) is 58.5 Å². The van der Waals surface area contributed by atoms with E-state index in [1.807, 2.05) is 20.8 Å². The molecule has 0 amide bonds. The summed E-state index contributed by atoms with van der Waals surface area (Å²) in [7, 11) is 0. The average molecular weight is 389 g/mol. The number of rotatable bonds is 6. The van der Waals surface area contributed by atoms with Gasteiger partial charge in [0.2, 0.25) is 0 Å². The molecule has 0 atom stereocenters. The van der Waals surface area contributed by atoms with E-state index in [1.54, 1.807) is 24.3 Å². The second-order valence-corrected chi connectivity index (χ2v) is 8.31. The highest BCUT2D eigenvalue weighted by Crippen LogP contribution is 2.30. The summed E-state index contributed by atoms with van der Waals surface area (Å²) >= 11 is 0. The molecular formula is C21H31N3O4. The van der Waals surface area contributed by atoms with Gasteiger partial charge in [0.1, 0.15) is 11.4 Å². The van der Waals surface area contributed by atoms with Gasteiger partial charge in [0, 0.05) is 6.54 Å². The van der Waals surface area contributed by atoms with Gasteiger partial charge in [-0.15, -0.1) is 0 Å². The summed E-state index contributed by atoms with van der Waals surface area (Å²) in [4.78, 5) is 28.3. The Hall–Kier alpha value is -2.57. The first kappa shape index (κ1) is 21.7. The lowest BCUT2D eigenvalue weighted by Crippen LogP contribution is -2.28. The molecule has 1 saturated carbocycles. The van der Waals surface area contributed by atoms with E-state index in [1.165, 1.54) is 0 Å². The predicted octanol–water partition coefficient (Wildman–Crippen LogP) is 2.56. The fraction of sp³-hybridized carbons (Fsp3) is 0.571. The number of carbonyl (C=O) groups is 2. The van der Waals surface area contributed by atoms with Gasteiger partial charge in [-0.1, -0.05) is 12.1 Å². The van der Waals surface area contributed by atoms with Crippen molar-refractivity contribution in [2.75, 3.05) is 6.54 Å². The Bertz CT molecular complexity index is 695. The summed E-state index contributed by atoms with van der Waals surface area (Å²) in [5.74, 6) is 0.419. The molecule has 1 aromatic rings. The highest BCUT2D eigenvalue weighted by atomic mass is 16.6. The van der Waals surface area contributed by atoms with E-state index in [4.69, 9.17) is 20.9 Å². The van der Waals surface area contributed by atoms with Crippen LogP contribution in [-0.2, 0) is 20.7 Å². The molecule has 7 nitrogen and oxygen atoms in total. The first-order chi connectivity index (χ1) is 13.1.